The number of hydrogen-bond acceptors (Lipinski definition) is 3. The lowest BCUT2D eigenvalue weighted by molar-refractivity contribution is 0.269. The average Bonchev–Trinajstić information content (AvgIpc) is 2.24. The second-order valence-electron chi connectivity index (χ2n) is 3.40. The summed E-state index contributed by atoms with van der Waals surface area (Å²) in [5.41, 5.74) is 0.773. The van der Waals surface area contributed by atoms with Crippen molar-refractivity contribution in [1.82, 2.24) is 0 Å². The number of rotatable bonds is 6. The van der Waals surface area contributed by atoms with Crippen molar-refractivity contribution >= 4 is 31.1 Å². The molecule has 0 saturated heterocycles. The summed E-state index contributed by atoms with van der Waals surface area (Å²) in [7, 11) is 1.49. The predicted molar refractivity (Wildman–Crippen MR) is 72.5 cm³/mol. The first kappa shape index (κ1) is 13.0. The zero-order valence-electron chi connectivity index (χ0n) is 9.66. The molecule has 0 radical (unpaired) electrons. The van der Waals surface area contributed by atoms with E-state index in [-0.39, 0.29) is 5.81 Å². The van der Waals surface area contributed by atoms with Crippen molar-refractivity contribution in [2.45, 2.75) is 6.42 Å². The molecule has 0 heterocycles. The first-order valence-electron chi connectivity index (χ1n) is 5.22. The molecule has 0 spiro atoms. The average molecular weight is 237 g/mol. The second kappa shape index (κ2) is 7.22. The monoisotopic (exact) mass is 237 g/mol. The van der Waals surface area contributed by atoms with Gasteiger partial charge in [-0.15, -0.1) is 0 Å². The highest BCUT2D eigenvalue weighted by Crippen LogP contribution is 2.17. The van der Waals surface area contributed by atoms with Gasteiger partial charge in [0, 0.05) is 11.8 Å². The van der Waals surface area contributed by atoms with E-state index in [0.717, 1.165) is 23.6 Å². The maximum atomic E-state index is 10.9. The third kappa shape index (κ3) is 5.12. The Hall–Kier alpha value is -1.10. The maximum Gasteiger partial charge on any atom is 0.216 e. The Kier molecular flexibility index (Phi) is 5.86. The number of hydrogen-bond donors (Lipinski definition) is 1. The van der Waals surface area contributed by atoms with Crippen molar-refractivity contribution in [3.05, 3.63) is 24.3 Å². The summed E-state index contributed by atoms with van der Waals surface area (Å²) in [6.07, 6.45) is 3.11. The van der Waals surface area contributed by atoms with E-state index < -0.39 is 0 Å². The van der Waals surface area contributed by atoms with E-state index in [1.165, 1.54) is 7.85 Å². The Morgan fingerprint density at radius 1 is 1.56 bits per heavy atom. The zero-order valence-corrected chi connectivity index (χ0v) is 10.5. The van der Waals surface area contributed by atoms with Crippen LogP contribution >= 0.6 is 11.8 Å². The molecule has 0 saturated carbocycles. The highest BCUT2D eigenvalue weighted by atomic mass is 32.2. The normalized spacial score (nSPS) is 9.81. The number of thioether (sulfide) groups is 1. The topological polar surface area (TPSA) is 38.3 Å². The molecule has 1 rings (SSSR count). The van der Waals surface area contributed by atoms with Crippen molar-refractivity contribution in [3.8, 4) is 5.75 Å². The number of carbonyl (C=O) groups is 1. The first-order valence-corrected chi connectivity index (χ1v) is 6.61. The smallest absolute Gasteiger partial charge is 0.216 e. The standard InChI is InChI=1S/C11H16BNO2S/c1-16-7-3-6-15-10-5-2-4-9(8-10)13-11(12)14/h2,4-5,8H,3,6-7,12H2,1H3,(H,13,14). The minimum atomic E-state index is -0.0699. The zero-order chi connectivity index (χ0) is 11.8. The van der Waals surface area contributed by atoms with Crippen molar-refractivity contribution in [1.29, 1.82) is 0 Å². The van der Waals surface area contributed by atoms with E-state index in [2.05, 4.69) is 11.6 Å². The summed E-state index contributed by atoms with van der Waals surface area (Å²) < 4.78 is 5.57. The summed E-state index contributed by atoms with van der Waals surface area (Å²) in [4.78, 5) is 10.9. The molecule has 86 valence electrons. The highest BCUT2D eigenvalue weighted by Gasteiger charge is 1.98. The number of benzene rings is 1. The molecule has 0 atom stereocenters. The largest absolute Gasteiger partial charge is 0.493 e. The van der Waals surface area contributed by atoms with Crippen LogP contribution in [-0.2, 0) is 0 Å². The quantitative estimate of drug-likeness (QED) is 0.607. The van der Waals surface area contributed by atoms with Crippen LogP contribution in [0.25, 0.3) is 0 Å². The second-order valence-corrected chi connectivity index (χ2v) is 4.39. The lowest BCUT2D eigenvalue weighted by Gasteiger charge is -2.07. The maximum absolute atomic E-state index is 10.9. The van der Waals surface area contributed by atoms with Crippen LogP contribution in [0.15, 0.2) is 24.3 Å². The van der Waals surface area contributed by atoms with Gasteiger partial charge in [0.1, 0.15) is 5.75 Å². The SMILES string of the molecule is BC(=O)Nc1cccc(OCCCSC)c1. The summed E-state index contributed by atoms with van der Waals surface area (Å²) in [6, 6.07) is 7.44. The molecule has 0 aromatic heterocycles. The van der Waals surface area contributed by atoms with Gasteiger partial charge in [-0.05, 0) is 30.6 Å². The van der Waals surface area contributed by atoms with Gasteiger partial charge in [0.25, 0.3) is 0 Å². The summed E-state index contributed by atoms with van der Waals surface area (Å²) in [5, 5.41) is 2.72. The van der Waals surface area contributed by atoms with Gasteiger partial charge >= 0.3 is 0 Å². The van der Waals surface area contributed by atoms with Crippen molar-refractivity contribution in [2.75, 3.05) is 23.9 Å². The molecule has 16 heavy (non-hydrogen) atoms. The van der Waals surface area contributed by atoms with Crippen LogP contribution in [-0.4, -0.2) is 32.3 Å². The third-order valence-corrected chi connectivity index (χ3v) is 2.61. The fourth-order valence-electron chi connectivity index (χ4n) is 1.26. The van der Waals surface area contributed by atoms with E-state index in [1.54, 1.807) is 0 Å². The minimum absolute atomic E-state index is 0.0699. The van der Waals surface area contributed by atoms with Gasteiger partial charge in [-0.2, -0.15) is 11.8 Å². The van der Waals surface area contributed by atoms with E-state index >= 15 is 0 Å². The molecular formula is C11H16BNO2S. The molecule has 0 aliphatic carbocycles. The molecule has 5 heteroatoms. The fraction of sp³-hybridized carbons (Fsp3) is 0.364. The number of ether oxygens (including phenoxy) is 1. The Morgan fingerprint density at radius 2 is 2.38 bits per heavy atom. The van der Waals surface area contributed by atoms with Crippen LogP contribution in [0.5, 0.6) is 5.75 Å². The highest BCUT2D eigenvalue weighted by molar-refractivity contribution is 7.98. The Labute approximate surface area is 101 Å². The summed E-state index contributed by atoms with van der Waals surface area (Å²) in [5.74, 6) is 1.83. The lowest BCUT2D eigenvalue weighted by Crippen LogP contribution is -2.08. The lowest BCUT2D eigenvalue weighted by atomic mass is 10.1. The minimum Gasteiger partial charge on any atom is -0.493 e. The molecule has 1 aromatic carbocycles. The van der Waals surface area contributed by atoms with Crippen LogP contribution in [0.3, 0.4) is 0 Å². The van der Waals surface area contributed by atoms with E-state index in [1.807, 2.05) is 36.0 Å². The molecule has 1 N–H and O–H groups in total. The van der Waals surface area contributed by atoms with E-state index in [9.17, 15) is 4.79 Å². The van der Waals surface area contributed by atoms with Crippen LogP contribution in [0.2, 0.25) is 0 Å². The van der Waals surface area contributed by atoms with Gasteiger partial charge in [0.2, 0.25) is 7.85 Å². The Morgan fingerprint density at radius 3 is 3.06 bits per heavy atom. The van der Waals surface area contributed by atoms with Gasteiger partial charge in [-0.25, -0.2) is 0 Å². The molecule has 0 unspecified atom stereocenters. The fourth-order valence-corrected chi connectivity index (χ4v) is 1.67. The van der Waals surface area contributed by atoms with Crippen molar-refractivity contribution < 1.29 is 9.53 Å². The van der Waals surface area contributed by atoms with Crippen LogP contribution in [0.4, 0.5) is 10.5 Å². The van der Waals surface area contributed by atoms with Crippen molar-refractivity contribution in [3.63, 3.8) is 0 Å². The van der Waals surface area contributed by atoms with Gasteiger partial charge in [0.15, 0.2) is 5.81 Å². The predicted octanol–water partition coefficient (Wildman–Crippen LogP) is 1.98. The molecule has 1 aromatic rings. The molecule has 0 aliphatic heterocycles. The number of amides is 1. The number of nitrogens with one attached hydrogen (secondary N) is 1. The van der Waals surface area contributed by atoms with Crippen LogP contribution < -0.4 is 10.1 Å². The molecule has 1 amide bonds. The van der Waals surface area contributed by atoms with E-state index in [0.29, 0.717) is 6.61 Å². The molecular weight excluding hydrogens is 221 g/mol. The first-order chi connectivity index (χ1) is 7.72. The Balaban J connectivity index is 2.44. The molecule has 0 fully saturated rings. The van der Waals surface area contributed by atoms with Crippen molar-refractivity contribution in [2.24, 2.45) is 0 Å². The molecule has 0 bridgehead atoms. The van der Waals surface area contributed by atoms with Crippen LogP contribution in [0, 0.1) is 0 Å². The summed E-state index contributed by atoms with van der Waals surface area (Å²) in [6.45, 7) is 0.713. The molecule has 0 aliphatic rings. The van der Waals surface area contributed by atoms with E-state index in [4.69, 9.17) is 4.74 Å². The Bertz CT molecular complexity index is 347. The van der Waals surface area contributed by atoms with Gasteiger partial charge < -0.3 is 10.1 Å². The van der Waals surface area contributed by atoms with Gasteiger partial charge in [-0.1, -0.05) is 6.07 Å². The van der Waals surface area contributed by atoms with Gasteiger partial charge in [-0.3, -0.25) is 4.79 Å². The molecule has 3 nitrogen and oxygen atoms in total. The van der Waals surface area contributed by atoms with Crippen LogP contribution in [0.1, 0.15) is 6.42 Å². The number of carbonyl (C=O) groups excluding carboxylic acids is 1. The van der Waals surface area contributed by atoms with Gasteiger partial charge in [0.05, 0.1) is 6.61 Å². The summed E-state index contributed by atoms with van der Waals surface area (Å²) >= 11 is 1.81. The third-order valence-electron chi connectivity index (χ3n) is 1.92. The number of anilines is 1.